The molecule has 1 aromatic carbocycles. The number of hydrogen-bond acceptors (Lipinski definition) is 4. The second-order valence-corrected chi connectivity index (χ2v) is 7.55. The van der Waals surface area contributed by atoms with Crippen LogP contribution in [0.2, 0.25) is 0 Å². The molecule has 118 valence electrons. The highest BCUT2D eigenvalue weighted by Gasteiger charge is 2.16. The van der Waals surface area contributed by atoms with E-state index in [4.69, 9.17) is 0 Å². The fraction of sp³-hybridized carbons (Fsp3) is 0.267. The lowest BCUT2D eigenvalue weighted by molar-refractivity contribution is 0.0949. The summed E-state index contributed by atoms with van der Waals surface area (Å²) in [4.78, 5) is 14.4. The van der Waals surface area contributed by atoms with Crippen LogP contribution in [0.15, 0.2) is 46.7 Å². The van der Waals surface area contributed by atoms with E-state index in [-0.39, 0.29) is 4.90 Å². The van der Waals surface area contributed by atoms with Crippen molar-refractivity contribution in [1.82, 2.24) is 10.3 Å². The van der Waals surface area contributed by atoms with Crippen LogP contribution in [0, 0.1) is 0 Å². The highest BCUT2D eigenvalue weighted by Crippen LogP contribution is 2.20. The minimum atomic E-state index is -3.77. The molecule has 7 heteroatoms. The summed E-state index contributed by atoms with van der Waals surface area (Å²) in [5.41, 5.74) is 3.29. The maximum absolute atomic E-state index is 12.1. The van der Waals surface area contributed by atoms with Crippen LogP contribution in [-0.4, -0.2) is 14.3 Å². The zero-order chi connectivity index (χ0) is 16.2. The Morgan fingerprint density at radius 1 is 1.23 bits per heavy atom. The van der Waals surface area contributed by atoms with Gasteiger partial charge in [-0.2, -0.15) is 0 Å². The van der Waals surface area contributed by atoms with E-state index in [9.17, 15) is 13.2 Å². The van der Waals surface area contributed by atoms with Crippen LogP contribution in [0.4, 0.5) is 0 Å². The monoisotopic (exact) mass is 338 g/mol. The molecule has 2 N–H and O–H groups in total. The van der Waals surface area contributed by atoms with Gasteiger partial charge >= 0.3 is 0 Å². The van der Waals surface area contributed by atoms with Gasteiger partial charge in [-0.25, -0.2) is 8.42 Å². The molecular weight excluding hydrogens is 320 g/mol. The predicted octanol–water partition coefficient (Wildman–Crippen LogP) is 2.88. The summed E-state index contributed by atoms with van der Waals surface area (Å²) in [5, 5.41) is 1.75. The molecule has 0 aliphatic carbocycles. The number of rotatable bonds is 6. The molecule has 0 aliphatic rings. The molecule has 0 spiro atoms. The molecule has 0 radical (unpaired) electrons. The molecule has 0 bridgehead atoms. The van der Waals surface area contributed by atoms with Gasteiger partial charge in [0.15, 0.2) is 0 Å². The molecule has 5 nitrogen and oxygen atoms in total. The summed E-state index contributed by atoms with van der Waals surface area (Å²) in [5.74, 6) is -0.0990. The predicted molar refractivity (Wildman–Crippen MR) is 87.3 cm³/mol. The lowest BCUT2D eigenvalue weighted by Gasteiger charge is -2.11. The van der Waals surface area contributed by atoms with E-state index in [1.165, 1.54) is 11.3 Å². The molecule has 22 heavy (non-hydrogen) atoms. The van der Waals surface area contributed by atoms with Gasteiger partial charge in [0.2, 0.25) is 0 Å². The summed E-state index contributed by atoms with van der Waals surface area (Å²) < 4.78 is 24.3. The van der Waals surface area contributed by atoms with Crippen molar-refractivity contribution in [2.45, 2.75) is 31.1 Å². The average Bonchev–Trinajstić information content (AvgIpc) is 3.06. The first-order valence-electron chi connectivity index (χ1n) is 6.89. The number of carbonyl (C=O) groups is 1. The summed E-state index contributed by atoms with van der Waals surface area (Å²) >= 11 is 1.24. The molecular formula is C15H18N2O3S2. The molecule has 2 aromatic rings. The second kappa shape index (κ2) is 7.04. The van der Waals surface area contributed by atoms with Crippen molar-refractivity contribution < 1.29 is 13.2 Å². The number of benzene rings is 1. The molecule has 1 amide bonds. The Balaban J connectivity index is 2.05. The average molecular weight is 338 g/mol. The summed E-state index contributed by atoms with van der Waals surface area (Å²) in [7, 11) is -3.77. The first kappa shape index (κ1) is 16.7. The van der Waals surface area contributed by atoms with Gasteiger partial charge in [-0.3, -0.25) is 10.2 Å². The van der Waals surface area contributed by atoms with Gasteiger partial charge in [0.25, 0.3) is 15.9 Å². The van der Waals surface area contributed by atoms with Gasteiger partial charge in [-0.05, 0) is 41.5 Å². The standard InChI is InChI=1S/C15H18N2O3S2/c1-3-11(2)12-6-8-13(9-7-12)22(19,20)17-16-15(18)14-5-4-10-21-14/h4-11,17H,3H2,1-2H3,(H,16,18)/t11-/m1/s1. The molecule has 1 heterocycles. The fourth-order valence-corrected chi connectivity index (χ4v) is 3.31. The van der Waals surface area contributed by atoms with Crippen molar-refractivity contribution in [3.05, 3.63) is 52.2 Å². The molecule has 0 unspecified atom stereocenters. The molecule has 1 atom stereocenters. The first-order chi connectivity index (χ1) is 10.4. The minimum Gasteiger partial charge on any atom is -0.273 e. The SMILES string of the molecule is CC[C@@H](C)c1ccc(S(=O)(=O)NNC(=O)c2cccs2)cc1. The van der Waals surface area contributed by atoms with Crippen molar-refractivity contribution in [1.29, 1.82) is 0 Å². The third kappa shape index (κ3) is 3.94. The van der Waals surface area contributed by atoms with Crippen LogP contribution in [0.3, 0.4) is 0 Å². The summed E-state index contributed by atoms with van der Waals surface area (Å²) in [6, 6.07) is 10.0. The maximum Gasteiger partial charge on any atom is 0.276 e. The van der Waals surface area contributed by atoms with Crippen molar-refractivity contribution in [2.75, 3.05) is 0 Å². The van der Waals surface area contributed by atoms with E-state index in [1.54, 1.807) is 41.8 Å². The minimum absolute atomic E-state index is 0.117. The van der Waals surface area contributed by atoms with Crippen molar-refractivity contribution >= 4 is 27.3 Å². The zero-order valence-corrected chi connectivity index (χ0v) is 14.0. The van der Waals surface area contributed by atoms with Crippen LogP contribution >= 0.6 is 11.3 Å². The van der Waals surface area contributed by atoms with Crippen LogP contribution in [0.25, 0.3) is 0 Å². The van der Waals surface area contributed by atoms with Gasteiger partial charge in [0, 0.05) is 0 Å². The number of amides is 1. The molecule has 0 fully saturated rings. The molecule has 0 saturated carbocycles. The third-order valence-corrected chi connectivity index (χ3v) is 5.55. The van der Waals surface area contributed by atoms with Gasteiger partial charge < -0.3 is 0 Å². The maximum atomic E-state index is 12.1. The quantitative estimate of drug-likeness (QED) is 0.795. The normalized spacial score (nSPS) is 12.8. The number of carbonyl (C=O) groups excluding carboxylic acids is 1. The van der Waals surface area contributed by atoms with Crippen molar-refractivity contribution in [3.63, 3.8) is 0 Å². The van der Waals surface area contributed by atoms with E-state index in [1.807, 2.05) is 0 Å². The number of thiophene rings is 1. The van der Waals surface area contributed by atoms with Gasteiger partial charge in [0.1, 0.15) is 0 Å². The number of sulfonamides is 1. The molecule has 0 aliphatic heterocycles. The van der Waals surface area contributed by atoms with E-state index in [2.05, 4.69) is 24.1 Å². The third-order valence-electron chi connectivity index (χ3n) is 3.42. The Kier molecular flexibility index (Phi) is 5.33. The Hall–Kier alpha value is -1.70. The molecule has 2 rings (SSSR count). The Morgan fingerprint density at radius 2 is 1.91 bits per heavy atom. The van der Waals surface area contributed by atoms with Crippen LogP contribution < -0.4 is 10.3 Å². The smallest absolute Gasteiger partial charge is 0.273 e. The van der Waals surface area contributed by atoms with Gasteiger partial charge in [-0.1, -0.05) is 32.0 Å². The summed E-state index contributed by atoms with van der Waals surface area (Å²) in [6.07, 6.45) is 0.987. The summed E-state index contributed by atoms with van der Waals surface area (Å²) in [6.45, 7) is 4.17. The van der Waals surface area contributed by atoms with E-state index >= 15 is 0 Å². The van der Waals surface area contributed by atoms with Crippen molar-refractivity contribution in [2.24, 2.45) is 0 Å². The molecule has 0 saturated heterocycles. The Labute approximate surface area is 134 Å². The van der Waals surface area contributed by atoms with Gasteiger partial charge in [0.05, 0.1) is 9.77 Å². The van der Waals surface area contributed by atoms with Crippen molar-refractivity contribution in [3.8, 4) is 0 Å². The largest absolute Gasteiger partial charge is 0.276 e. The highest BCUT2D eigenvalue weighted by molar-refractivity contribution is 7.89. The highest BCUT2D eigenvalue weighted by atomic mass is 32.2. The van der Waals surface area contributed by atoms with E-state index < -0.39 is 15.9 Å². The second-order valence-electron chi connectivity index (χ2n) is 4.92. The lowest BCUT2D eigenvalue weighted by Crippen LogP contribution is -2.41. The van der Waals surface area contributed by atoms with Crippen LogP contribution in [0.5, 0.6) is 0 Å². The molecule has 1 aromatic heterocycles. The lowest BCUT2D eigenvalue weighted by atomic mass is 9.99. The van der Waals surface area contributed by atoms with E-state index in [0.717, 1.165) is 12.0 Å². The Bertz CT molecular complexity index is 723. The topological polar surface area (TPSA) is 75.3 Å². The van der Waals surface area contributed by atoms with E-state index in [0.29, 0.717) is 10.8 Å². The zero-order valence-electron chi connectivity index (χ0n) is 12.4. The number of nitrogens with one attached hydrogen (secondary N) is 2. The van der Waals surface area contributed by atoms with Crippen LogP contribution in [-0.2, 0) is 10.0 Å². The Morgan fingerprint density at radius 3 is 2.45 bits per heavy atom. The fourth-order valence-electron chi connectivity index (χ4n) is 1.85. The van der Waals surface area contributed by atoms with Crippen LogP contribution in [0.1, 0.15) is 41.4 Å². The number of hydrogen-bond donors (Lipinski definition) is 2. The first-order valence-corrected chi connectivity index (χ1v) is 9.26. The number of hydrazine groups is 1. The van der Waals surface area contributed by atoms with Gasteiger partial charge in [-0.15, -0.1) is 16.2 Å².